The third kappa shape index (κ3) is 4.83. The molecular weight excluding hydrogens is 350 g/mol. The van der Waals surface area contributed by atoms with Crippen molar-refractivity contribution in [1.29, 1.82) is 5.26 Å². The highest BCUT2D eigenvalue weighted by Crippen LogP contribution is 2.33. The van der Waals surface area contributed by atoms with Crippen LogP contribution in [0.15, 0.2) is 48.5 Å². The summed E-state index contributed by atoms with van der Waals surface area (Å²) in [4.78, 5) is 16.4. The molecule has 1 saturated heterocycles. The Kier molecular flexibility index (Phi) is 5.89. The van der Waals surface area contributed by atoms with Crippen LogP contribution in [0.3, 0.4) is 0 Å². The van der Waals surface area contributed by atoms with Gasteiger partial charge in [-0.05, 0) is 44.0 Å². The van der Waals surface area contributed by atoms with Crippen molar-refractivity contribution >= 4 is 11.8 Å². The Morgan fingerprint density at radius 3 is 2.36 bits per heavy atom. The highest BCUT2D eigenvalue weighted by Gasteiger charge is 2.26. The predicted octanol–water partition coefficient (Wildman–Crippen LogP) is 4.48. The van der Waals surface area contributed by atoms with Crippen LogP contribution in [-0.2, 0) is 11.2 Å². The standard InChI is InChI=1S/C23H27N3O2/c1-23(2,3)28-22(27)26-15-13-25(14-16-26)21-10-9-18(11-12-24)17-20(21)19-7-5-4-6-8-19/h4-10,17H,11,13-16H2,1-3H3. The van der Waals surface area contributed by atoms with E-state index in [0.717, 1.165) is 35.5 Å². The first-order valence-electron chi connectivity index (χ1n) is 9.65. The summed E-state index contributed by atoms with van der Waals surface area (Å²) in [5, 5.41) is 9.05. The number of carbonyl (C=O) groups excluding carboxylic acids is 1. The maximum absolute atomic E-state index is 12.3. The minimum absolute atomic E-state index is 0.250. The Bertz CT molecular complexity index is 858. The van der Waals surface area contributed by atoms with Crippen molar-refractivity contribution < 1.29 is 9.53 Å². The van der Waals surface area contributed by atoms with Gasteiger partial charge in [0.25, 0.3) is 0 Å². The number of piperazine rings is 1. The van der Waals surface area contributed by atoms with Crippen molar-refractivity contribution in [2.24, 2.45) is 0 Å². The molecule has 0 saturated carbocycles. The molecule has 1 amide bonds. The van der Waals surface area contributed by atoms with Crippen molar-refractivity contribution in [3.63, 3.8) is 0 Å². The quantitative estimate of drug-likeness (QED) is 0.791. The highest BCUT2D eigenvalue weighted by atomic mass is 16.6. The Labute approximate surface area is 167 Å². The van der Waals surface area contributed by atoms with Gasteiger partial charge in [0.15, 0.2) is 0 Å². The van der Waals surface area contributed by atoms with E-state index >= 15 is 0 Å². The summed E-state index contributed by atoms with van der Waals surface area (Å²) in [5.41, 5.74) is 3.92. The molecule has 1 aliphatic rings. The van der Waals surface area contributed by atoms with Crippen molar-refractivity contribution in [3.05, 3.63) is 54.1 Å². The van der Waals surface area contributed by atoms with E-state index in [-0.39, 0.29) is 6.09 Å². The second-order valence-corrected chi connectivity index (χ2v) is 8.01. The number of hydrogen-bond acceptors (Lipinski definition) is 4. The molecule has 1 fully saturated rings. The van der Waals surface area contributed by atoms with Gasteiger partial charge in [0.05, 0.1) is 12.5 Å². The van der Waals surface area contributed by atoms with Gasteiger partial charge >= 0.3 is 6.09 Å². The van der Waals surface area contributed by atoms with E-state index in [1.807, 2.05) is 45.0 Å². The molecule has 1 aliphatic heterocycles. The molecule has 0 aromatic heterocycles. The predicted molar refractivity (Wildman–Crippen MR) is 111 cm³/mol. The number of nitriles is 1. The molecule has 1 heterocycles. The lowest BCUT2D eigenvalue weighted by Crippen LogP contribution is -2.50. The highest BCUT2D eigenvalue weighted by molar-refractivity contribution is 5.80. The Morgan fingerprint density at radius 1 is 1.07 bits per heavy atom. The molecule has 0 atom stereocenters. The van der Waals surface area contributed by atoms with E-state index in [2.05, 4.69) is 35.2 Å². The Hall–Kier alpha value is -3.00. The summed E-state index contributed by atoms with van der Waals surface area (Å²) >= 11 is 0. The summed E-state index contributed by atoms with van der Waals surface area (Å²) in [6.45, 7) is 8.40. The van der Waals surface area contributed by atoms with E-state index < -0.39 is 5.60 Å². The van der Waals surface area contributed by atoms with Crippen molar-refractivity contribution in [3.8, 4) is 17.2 Å². The molecule has 146 valence electrons. The van der Waals surface area contributed by atoms with Crippen LogP contribution in [0.4, 0.5) is 10.5 Å². The number of amides is 1. The minimum atomic E-state index is -0.481. The topological polar surface area (TPSA) is 56.6 Å². The van der Waals surface area contributed by atoms with Gasteiger partial charge in [-0.2, -0.15) is 5.26 Å². The molecule has 3 rings (SSSR count). The summed E-state index contributed by atoms with van der Waals surface area (Å²) in [5.74, 6) is 0. The molecule has 2 aromatic rings. The maximum Gasteiger partial charge on any atom is 0.410 e. The van der Waals surface area contributed by atoms with Crippen molar-refractivity contribution in [2.75, 3.05) is 31.1 Å². The van der Waals surface area contributed by atoms with Gasteiger partial charge in [0, 0.05) is 37.4 Å². The third-order valence-corrected chi connectivity index (χ3v) is 4.70. The fourth-order valence-corrected chi connectivity index (χ4v) is 3.37. The second-order valence-electron chi connectivity index (χ2n) is 8.01. The lowest BCUT2D eigenvalue weighted by Gasteiger charge is -2.37. The summed E-state index contributed by atoms with van der Waals surface area (Å²) in [7, 11) is 0. The van der Waals surface area contributed by atoms with Crippen LogP contribution in [0, 0.1) is 11.3 Å². The molecule has 0 spiro atoms. The molecule has 5 heteroatoms. The molecule has 0 unspecified atom stereocenters. The lowest BCUT2D eigenvalue weighted by atomic mass is 9.98. The molecule has 0 aliphatic carbocycles. The number of hydrogen-bond donors (Lipinski definition) is 0. The van der Waals surface area contributed by atoms with Gasteiger partial charge in [-0.1, -0.05) is 36.4 Å². The number of nitrogens with zero attached hydrogens (tertiary/aromatic N) is 3. The molecule has 0 bridgehead atoms. The smallest absolute Gasteiger partial charge is 0.410 e. The SMILES string of the molecule is CC(C)(C)OC(=O)N1CCN(c2ccc(CC#N)cc2-c2ccccc2)CC1. The fraction of sp³-hybridized carbons (Fsp3) is 0.391. The van der Waals surface area contributed by atoms with Gasteiger partial charge in [-0.25, -0.2) is 4.79 Å². The Balaban J connectivity index is 1.79. The first kappa shape index (κ1) is 19.8. The number of benzene rings is 2. The van der Waals surface area contributed by atoms with Gasteiger partial charge in [0.1, 0.15) is 5.60 Å². The van der Waals surface area contributed by atoms with Gasteiger partial charge < -0.3 is 14.5 Å². The number of rotatable bonds is 3. The summed E-state index contributed by atoms with van der Waals surface area (Å²) in [6.07, 6.45) is 0.145. The first-order chi connectivity index (χ1) is 13.4. The largest absolute Gasteiger partial charge is 0.444 e. The van der Waals surface area contributed by atoms with Crippen LogP contribution in [0.5, 0.6) is 0 Å². The number of ether oxygens (including phenoxy) is 1. The molecule has 2 aromatic carbocycles. The Morgan fingerprint density at radius 2 is 1.75 bits per heavy atom. The number of anilines is 1. The van der Waals surface area contributed by atoms with Gasteiger partial charge in [0.2, 0.25) is 0 Å². The minimum Gasteiger partial charge on any atom is -0.444 e. The molecule has 28 heavy (non-hydrogen) atoms. The van der Waals surface area contributed by atoms with E-state index in [1.165, 1.54) is 0 Å². The van der Waals surface area contributed by atoms with Crippen molar-refractivity contribution in [2.45, 2.75) is 32.8 Å². The van der Waals surface area contributed by atoms with Crippen LogP contribution in [0.2, 0.25) is 0 Å². The molecular formula is C23H27N3O2. The first-order valence-corrected chi connectivity index (χ1v) is 9.65. The average Bonchev–Trinajstić information content (AvgIpc) is 2.68. The van der Waals surface area contributed by atoms with Crippen molar-refractivity contribution in [1.82, 2.24) is 4.90 Å². The van der Waals surface area contributed by atoms with E-state index in [1.54, 1.807) is 4.90 Å². The van der Waals surface area contributed by atoms with Crippen LogP contribution in [0.25, 0.3) is 11.1 Å². The van der Waals surface area contributed by atoms with Crippen LogP contribution < -0.4 is 4.90 Å². The van der Waals surface area contributed by atoms with E-state index in [9.17, 15) is 4.79 Å². The average molecular weight is 377 g/mol. The fourth-order valence-electron chi connectivity index (χ4n) is 3.37. The molecule has 0 radical (unpaired) electrons. The normalized spacial score (nSPS) is 14.5. The van der Waals surface area contributed by atoms with E-state index in [0.29, 0.717) is 19.5 Å². The zero-order chi connectivity index (χ0) is 20.1. The van der Waals surface area contributed by atoms with Crippen LogP contribution >= 0.6 is 0 Å². The van der Waals surface area contributed by atoms with Crippen LogP contribution in [0.1, 0.15) is 26.3 Å². The monoisotopic (exact) mass is 377 g/mol. The lowest BCUT2D eigenvalue weighted by molar-refractivity contribution is 0.0240. The molecule has 5 nitrogen and oxygen atoms in total. The van der Waals surface area contributed by atoms with E-state index in [4.69, 9.17) is 10.00 Å². The molecule has 0 N–H and O–H groups in total. The summed E-state index contributed by atoms with van der Waals surface area (Å²) < 4.78 is 5.49. The third-order valence-electron chi connectivity index (χ3n) is 4.70. The van der Waals surface area contributed by atoms with Gasteiger partial charge in [-0.15, -0.1) is 0 Å². The summed E-state index contributed by atoms with van der Waals surface area (Å²) in [6, 6.07) is 18.7. The zero-order valence-electron chi connectivity index (χ0n) is 16.8. The second kappa shape index (κ2) is 8.35. The van der Waals surface area contributed by atoms with Gasteiger partial charge in [-0.3, -0.25) is 0 Å². The zero-order valence-corrected chi connectivity index (χ0v) is 16.8. The maximum atomic E-state index is 12.3. The van der Waals surface area contributed by atoms with Crippen LogP contribution in [-0.4, -0.2) is 42.8 Å². The number of carbonyl (C=O) groups is 1.